The van der Waals surface area contributed by atoms with Gasteiger partial charge in [-0.05, 0) is 91.7 Å². The molecule has 0 aliphatic heterocycles. The SMILES string of the molecule is C[n+]1c(-c2ccc(/C=N/NC(=O)c3cncc(C(=O)N/N=C/c4ccc(-c5cn6ccccc6[n+]5C)cc4)c3)cc2)cn2ccccc21.Cc1ccc(S(=O)(=O)[O-])cc1.Cc1ccc(S(=O)(=O)[O-])cc1. The quantitative estimate of drug-likeness (QED) is 0.0719. The van der Waals surface area contributed by atoms with Gasteiger partial charge in [0, 0.05) is 35.7 Å². The van der Waals surface area contributed by atoms with Crippen LogP contribution in [0.5, 0.6) is 0 Å². The van der Waals surface area contributed by atoms with Gasteiger partial charge in [0.2, 0.25) is 0 Å². The first-order valence-electron chi connectivity index (χ1n) is 21.2. The number of fused-ring (bicyclic) bond motifs is 2. The highest BCUT2D eigenvalue weighted by atomic mass is 32.2. The number of benzene rings is 4. The Morgan fingerprint density at radius 3 is 1.27 bits per heavy atom. The molecular weight excluding hydrogens is 931 g/mol. The Bertz CT molecular complexity index is 3380. The molecule has 0 bridgehead atoms. The van der Waals surface area contributed by atoms with Gasteiger partial charge in [-0.3, -0.25) is 14.6 Å². The van der Waals surface area contributed by atoms with Gasteiger partial charge in [-0.15, -0.1) is 0 Å². The number of pyridine rings is 3. The first kappa shape index (κ1) is 49.4. The zero-order chi connectivity index (χ0) is 50.0. The minimum absolute atomic E-state index is 0.178. The number of aryl methyl sites for hydroxylation is 4. The van der Waals surface area contributed by atoms with E-state index >= 15 is 0 Å². The largest absolute Gasteiger partial charge is 0.744 e. The van der Waals surface area contributed by atoms with E-state index in [0.29, 0.717) is 0 Å². The Labute approximate surface area is 403 Å². The van der Waals surface area contributed by atoms with Gasteiger partial charge in [0.15, 0.2) is 11.4 Å². The lowest BCUT2D eigenvalue weighted by atomic mass is 10.1. The number of carbonyl (C=O) groups is 2. The number of amides is 2. The molecule has 5 aromatic heterocycles. The van der Waals surface area contributed by atoms with Crippen LogP contribution in [-0.4, -0.2) is 64.0 Å². The minimum atomic E-state index is -4.27. The molecule has 2 N–H and O–H groups in total. The van der Waals surface area contributed by atoms with E-state index < -0.39 is 32.1 Å². The monoisotopic (exact) mass is 975 g/mol. The summed E-state index contributed by atoms with van der Waals surface area (Å²) in [7, 11) is -4.48. The van der Waals surface area contributed by atoms with Crippen molar-refractivity contribution in [2.75, 3.05) is 0 Å². The van der Waals surface area contributed by atoms with Crippen LogP contribution in [0.25, 0.3) is 33.8 Å². The molecule has 2 amide bonds. The number of hydrogen-bond donors (Lipinski definition) is 2. The van der Waals surface area contributed by atoms with E-state index in [4.69, 9.17) is 0 Å². The van der Waals surface area contributed by atoms with Crippen molar-refractivity contribution < 1.29 is 44.7 Å². The van der Waals surface area contributed by atoms with E-state index in [-0.39, 0.29) is 20.9 Å². The summed E-state index contributed by atoms with van der Waals surface area (Å²) in [4.78, 5) is 29.2. The van der Waals surface area contributed by atoms with Gasteiger partial charge in [-0.25, -0.2) is 45.6 Å². The smallest absolute Gasteiger partial charge is 0.286 e. The van der Waals surface area contributed by atoms with Crippen molar-refractivity contribution in [3.05, 3.63) is 210 Å². The van der Waals surface area contributed by atoms with Crippen molar-refractivity contribution in [3.63, 3.8) is 0 Å². The van der Waals surface area contributed by atoms with Crippen LogP contribution in [0.2, 0.25) is 0 Å². The summed E-state index contributed by atoms with van der Waals surface area (Å²) in [6, 6.07) is 40.9. The minimum Gasteiger partial charge on any atom is -0.744 e. The molecule has 70 heavy (non-hydrogen) atoms. The summed E-state index contributed by atoms with van der Waals surface area (Å²) in [6.45, 7) is 3.64. The number of nitrogens with one attached hydrogen (secondary N) is 2. The second-order valence-electron chi connectivity index (χ2n) is 15.7. The van der Waals surface area contributed by atoms with Crippen LogP contribution in [-0.2, 0) is 34.3 Å². The molecule has 354 valence electrons. The zero-order valence-corrected chi connectivity index (χ0v) is 39.7. The van der Waals surface area contributed by atoms with Crippen molar-refractivity contribution in [3.8, 4) is 22.5 Å². The first-order chi connectivity index (χ1) is 33.4. The van der Waals surface area contributed by atoms with Crippen LogP contribution in [0.3, 0.4) is 0 Å². The van der Waals surface area contributed by atoms with Crippen molar-refractivity contribution in [1.82, 2.24) is 24.6 Å². The van der Waals surface area contributed by atoms with Crippen molar-refractivity contribution in [1.29, 1.82) is 0 Å². The fourth-order valence-electron chi connectivity index (χ4n) is 6.94. The van der Waals surface area contributed by atoms with E-state index in [1.54, 1.807) is 36.7 Å². The molecule has 0 atom stereocenters. The van der Waals surface area contributed by atoms with E-state index in [1.165, 1.54) is 42.7 Å². The Morgan fingerprint density at radius 1 is 0.557 bits per heavy atom. The molecule has 0 aliphatic rings. The summed E-state index contributed by atoms with van der Waals surface area (Å²) >= 11 is 0. The molecule has 0 unspecified atom stereocenters. The third-order valence-electron chi connectivity index (χ3n) is 10.7. The van der Waals surface area contributed by atoms with Gasteiger partial charge in [-0.1, -0.05) is 71.8 Å². The van der Waals surface area contributed by atoms with Gasteiger partial charge in [0.1, 0.15) is 32.6 Å². The van der Waals surface area contributed by atoms with Crippen LogP contribution in [0.4, 0.5) is 0 Å². The van der Waals surface area contributed by atoms with Gasteiger partial charge in [-0.2, -0.15) is 10.2 Å². The Hall–Kier alpha value is -8.49. The lowest BCUT2D eigenvalue weighted by Crippen LogP contribution is -2.29. The summed E-state index contributed by atoms with van der Waals surface area (Å²) in [5.41, 5.74) is 15.3. The number of hydrazone groups is 2. The number of imidazole rings is 2. The summed E-state index contributed by atoms with van der Waals surface area (Å²) < 4.78 is 70.7. The van der Waals surface area contributed by atoms with Gasteiger partial charge >= 0.3 is 0 Å². The third-order valence-corrected chi connectivity index (χ3v) is 12.4. The van der Waals surface area contributed by atoms with Crippen molar-refractivity contribution in [2.24, 2.45) is 24.3 Å². The van der Waals surface area contributed by atoms with Crippen molar-refractivity contribution in [2.45, 2.75) is 23.6 Å². The number of aromatic nitrogens is 5. The van der Waals surface area contributed by atoms with Gasteiger partial charge < -0.3 is 9.11 Å². The summed E-state index contributed by atoms with van der Waals surface area (Å²) in [6.07, 6.45) is 14.1. The molecule has 0 saturated heterocycles. The summed E-state index contributed by atoms with van der Waals surface area (Å²) in [5.74, 6) is -0.990. The molecule has 9 rings (SSSR count). The second kappa shape index (κ2) is 21.6. The highest BCUT2D eigenvalue weighted by Crippen LogP contribution is 2.19. The molecular formula is C51H45N9O8S2. The van der Waals surface area contributed by atoms with E-state index in [0.717, 1.165) is 56.1 Å². The number of carbonyl (C=O) groups excluding carboxylic acids is 2. The molecule has 5 heterocycles. The third kappa shape index (κ3) is 12.5. The molecule has 4 aromatic carbocycles. The lowest BCUT2D eigenvalue weighted by molar-refractivity contribution is -0.633. The van der Waals surface area contributed by atoms with E-state index in [1.807, 2.05) is 113 Å². The van der Waals surface area contributed by atoms with Crippen LogP contribution >= 0.6 is 0 Å². The average molecular weight is 976 g/mol. The average Bonchev–Trinajstić information content (AvgIpc) is 3.87. The van der Waals surface area contributed by atoms with Crippen molar-refractivity contribution >= 4 is 55.8 Å². The fourth-order valence-corrected chi connectivity index (χ4v) is 7.88. The topological polar surface area (TPSA) is 227 Å². The Balaban J connectivity index is 0.000000269. The summed E-state index contributed by atoms with van der Waals surface area (Å²) in [5, 5.41) is 8.17. The van der Waals surface area contributed by atoms with E-state index in [2.05, 4.69) is 68.5 Å². The maximum atomic E-state index is 12.7. The molecule has 17 nitrogen and oxygen atoms in total. The number of rotatable bonds is 10. The molecule has 0 fully saturated rings. The van der Waals surface area contributed by atoms with Crippen LogP contribution in [0, 0.1) is 13.8 Å². The predicted molar refractivity (Wildman–Crippen MR) is 261 cm³/mol. The van der Waals surface area contributed by atoms with Crippen LogP contribution < -0.4 is 20.0 Å². The Morgan fingerprint density at radius 2 is 0.929 bits per heavy atom. The van der Waals surface area contributed by atoms with Crippen LogP contribution in [0.1, 0.15) is 43.0 Å². The van der Waals surface area contributed by atoms with Crippen LogP contribution in [0.15, 0.2) is 197 Å². The Kier molecular flexibility index (Phi) is 15.3. The maximum absolute atomic E-state index is 12.7. The highest BCUT2D eigenvalue weighted by molar-refractivity contribution is 7.86. The van der Waals surface area contributed by atoms with Gasteiger partial charge in [0.25, 0.3) is 23.1 Å². The fraction of sp³-hybridized carbons (Fsp3) is 0.0784. The number of nitrogens with zero attached hydrogens (tertiary/aromatic N) is 7. The lowest BCUT2D eigenvalue weighted by Gasteiger charge is -2.05. The van der Waals surface area contributed by atoms with Gasteiger partial charge in [0.05, 0.1) is 59.8 Å². The molecule has 9 aromatic rings. The zero-order valence-electron chi connectivity index (χ0n) is 38.1. The highest BCUT2D eigenvalue weighted by Gasteiger charge is 2.17. The normalized spacial score (nSPS) is 11.5. The first-order valence-corrected chi connectivity index (χ1v) is 24.1. The van der Waals surface area contributed by atoms with E-state index in [9.17, 15) is 35.5 Å². The predicted octanol–water partition coefficient (Wildman–Crippen LogP) is 5.90. The molecule has 0 radical (unpaired) electrons. The molecule has 0 aliphatic carbocycles. The second-order valence-corrected chi connectivity index (χ2v) is 18.5. The molecule has 19 heteroatoms. The molecule has 0 saturated carbocycles. The maximum Gasteiger partial charge on any atom is 0.286 e. The number of hydrogen-bond acceptors (Lipinski definition) is 11. The standard InChI is InChI=1S/C37H29N9O2.2C7H8O3S/c1-43-32(24-45-17-5-3-7-34(43)45)28-13-9-26(10-14-28)20-39-41-36(47)30-19-31(23-38-22-30)37(48)42-40-21-27-11-15-29(16-12-27)33-25-46-18-6-4-8-35(46)44(33)2;2*1-6-2-4-7(5-3-6)11(8,9)10/h3-25H,1-2H3;2*2-5H,1H3,(H,8,9,10)/b39-20+,40-21+;;. The molecule has 0 spiro atoms.